The molecular formula is C16H30F2N2O2. The lowest BCUT2D eigenvalue weighted by Crippen LogP contribution is -2.46. The summed E-state index contributed by atoms with van der Waals surface area (Å²) in [5.41, 5.74) is -0.686. The SMILES string of the molecule is CC1CCCC(NCC(F)(F)CNC(=O)OC(C)(C)C)CC1. The molecule has 0 aromatic rings. The molecule has 2 N–H and O–H groups in total. The summed E-state index contributed by atoms with van der Waals surface area (Å²) >= 11 is 0. The number of hydrogen-bond donors (Lipinski definition) is 2. The molecule has 130 valence electrons. The zero-order valence-corrected chi connectivity index (χ0v) is 14.2. The molecule has 0 heterocycles. The predicted octanol–water partition coefficient (Wildman–Crippen LogP) is 3.70. The summed E-state index contributed by atoms with van der Waals surface area (Å²) in [6.45, 7) is 6.17. The molecule has 0 aromatic heterocycles. The average Bonchev–Trinajstić information content (AvgIpc) is 2.57. The molecule has 0 radical (unpaired) electrons. The Morgan fingerprint density at radius 2 is 1.82 bits per heavy atom. The van der Waals surface area contributed by atoms with Crippen molar-refractivity contribution in [3.8, 4) is 0 Å². The molecule has 1 aliphatic carbocycles. The molecular weight excluding hydrogens is 290 g/mol. The van der Waals surface area contributed by atoms with Crippen LogP contribution in [0.4, 0.5) is 13.6 Å². The quantitative estimate of drug-likeness (QED) is 0.759. The van der Waals surface area contributed by atoms with E-state index in [1.807, 2.05) is 0 Å². The molecule has 1 aliphatic rings. The minimum atomic E-state index is -2.98. The van der Waals surface area contributed by atoms with Crippen LogP contribution in [0.2, 0.25) is 0 Å². The molecule has 1 fully saturated rings. The molecule has 0 saturated heterocycles. The third-order valence-electron chi connectivity index (χ3n) is 3.80. The normalized spacial score (nSPS) is 23.7. The van der Waals surface area contributed by atoms with Crippen LogP contribution in [0.15, 0.2) is 0 Å². The fourth-order valence-electron chi connectivity index (χ4n) is 2.56. The lowest BCUT2D eigenvalue weighted by atomic mass is 10.0. The molecule has 22 heavy (non-hydrogen) atoms. The van der Waals surface area contributed by atoms with Crippen molar-refractivity contribution in [3.05, 3.63) is 0 Å². The van der Waals surface area contributed by atoms with Crippen molar-refractivity contribution < 1.29 is 18.3 Å². The summed E-state index contributed by atoms with van der Waals surface area (Å²) in [6.07, 6.45) is 4.42. The fraction of sp³-hybridized carbons (Fsp3) is 0.938. The maximum Gasteiger partial charge on any atom is 0.407 e. The Morgan fingerprint density at radius 1 is 1.14 bits per heavy atom. The standard InChI is InChI=1S/C16H30F2N2O2/c1-12-6-5-7-13(9-8-12)19-10-16(17,18)11-20-14(21)22-15(2,3)4/h12-13,19H,5-11H2,1-4H3,(H,20,21). The van der Waals surface area contributed by atoms with Crippen molar-refractivity contribution in [1.29, 1.82) is 0 Å². The van der Waals surface area contributed by atoms with Crippen LogP contribution in [-0.2, 0) is 4.74 Å². The highest BCUT2D eigenvalue weighted by Gasteiger charge is 2.31. The van der Waals surface area contributed by atoms with Gasteiger partial charge in [0.2, 0.25) is 0 Å². The van der Waals surface area contributed by atoms with Gasteiger partial charge in [-0.2, -0.15) is 0 Å². The molecule has 1 rings (SSSR count). The Hall–Kier alpha value is -0.910. The molecule has 4 nitrogen and oxygen atoms in total. The molecule has 0 bridgehead atoms. The second-order valence-corrected chi connectivity index (χ2v) is 7.40. The summed E-state index contributed by atoms with van der Waals surface area (Å²) in [7, 11) is 0. The maximum absolute atomic E-state index is 13.8. The Morgan fingerprint density at radius 3 is 2.45 bits per heavy atom. The van der Waals surface area contributed by atoms with E-state index in [1.54, 1.807) is 20.8 Å². The molecule has 1 amide bonds. The average molecular weight is 320 g/mol. The van der Waals surface area contributed by atoms with E-state index < -0.39 is 30.7 Å². The third kappa shape index (κ3) is 8.51. The number of nitrogens with one attached hydrogen (secondary N) is 2. The summed E-state index contributed by atoms with van der Waals surface area (Å²) in [4.78, 5) is 11.4. The predicted molar refractivity (Wildman–Crippen MR) is 83.2 cm³/mol. The second-order valence-electron chi connectivity index (χ2n) is 7.40. The number of ether oxygens (including phenoxy) is 1. The van der Waals surface area contributed by atoms with Crippen LogP contribution in [0.25, 0.3) is 0 Å². The highest BCUT2D eigenvalue weighted by molar-refractivity contribution is 5.67. The van der Waals surface area contributed by atoms with Gasteiger partial charge >= 0.3 is 6.09 Å². The van der Waals surface area contributed by atoms with Crippen molar-refractivity contribution in [2.24, 2.45) is 5.92 Å². The Labute approximate surface area is 132 Å². The van der Waals surface area contributed by atoms with E-state index in [2.05, 4.69) is 17.6 Å². The van der Waals surface area contributed by atoms with Crippen LogP contribution in [-0.4, -0.2) is 36.7 Å². The molecule has 6 heteroatoms. The van der Waals surface area contributed by atoms with Gasteiger partial charge in [-0.3, -0.25) is 0 Å². The molecule has 0 aliphatic heterocycles. The van der Waals surface area contributed by atoms with Gasteiger partial charge in [0.1, 0.15) is 5.60 Å². The van der Waals surface area contributed by atoms with Crippen molar-refractivity contribution >= 4 is 6.09 Å². The zero-order valence-electron chi connectivity index (χ0n) is 14.2. The van der Waals surface area contributed by atoms with Crippen LogP contribution in [0.3, 0.4) is 0 Å². The van der Waals surface area contributed by atoms with Crippen LogP contribution in [0.5, 0.6) is 0 Å². The van der Waals surface area contributed by atoms with Gasteiger partial charge in [0.05, 0.1) is 13.1 Å². The first-order chi connectivity index (χ1) is 10.1. The smallest absolute Gasteiger partial charge is 0.407 e. The highest BCUT2D eigenvalue weighted by atomic mass is 19.3. The first-order valence-electron chi connectivity index (χ1n) is 8.15. The fourth-order valence-corrected chi connectivity index (χ4v) is 2.56. The first kappa shape index (κ1) is 19.1. The zero-order chi connectivity index (χ0) is 16.8. The maximum atomic E-state index is 13.8. The Bertz CT molecular complexity index is 357. The molecule has 2 atom stereocenters. The van der Waals surface area contributed by atoms with Gasteiger partial charge in [-0.25, -0.2) is 13.6 Å². The van der Waals surface area contributed by atoms with Gasteiger partial charge in [-0.15, -0.1) is 0 Å². The van der Waals surface area contributed by atoms with Gasteiger partial charge in [0.15, 0.2) is 0 Å². The van der Waals surface area contributed by atoms with Gasteiger partial charge in [-0.05, 0) is 46.0 Å². The number of rotatable bonds is 5. The number of alkyl carbamates (subject to hydrolysis) is 1. The highest BCUT2D eigenvalue weighted by Crippen LogP contribution is 2.23. The van der Waals surface area contributed by atoms with Crippen LogP contribution in [0, 0.1) is 5.92 Å². The summed E-state index contributed by atoms with van der Waals surface area (Å²) < 4.78 is 32.6. The van der Waals surface area contributed by atoms with E-state index in [-0.39, 0.29) is 6.04 Å². The van der Waals surface area contributed by atoms with E-state index in [0.29, 0.717) is 5.92 Å². The largest absolute Gasteiger partial charge is 0.444 e. The molecule has 2 unspecified atom stereocenters. The van der Waals surface area contributed by atoms with Crippen molar-refractivity contribution in [2.45, 2.75) is 77.4 Å². The van der Waals surface area contributed by atoms with Gasteiger partial charge in [0.25, 0.3) is 5.92 Å². The number of alkyl halides is 2. The van der Waals surface area contributed by atoms with Crippen LogP contribution < -0.4 is 10.6 Å². The lowest BCUT2D eigenvalue weighted by Gasteiger charge is -2.24. The van der Waals surface area contributed by atoms with Gasteiger partial charge < -0.3 is 15.4 Å². The summed E-state index contributed by atoms with van der Waals surface area (Å²) in [5.74, 6) is -2.30. The lowest BCUT2D eigenvalue weighted by molar-refractivity contribution is -0.00591. The minimum Gasteiger partial charge on any atom is -0.444 e. The first-order valence-corrected chi connectivity index (χ1v) is 8.15. The van der Waals surface area contributed by atoms with Crippen LogP contribution in [0.1, 0.15) is 59.8 Å². The van der Waals surface area contributed by atoms with Gasteiger partial charge in [0, 0.05) is 6.04 Å². The number of carbonyl (C=O) groups is 1. The summed E-state index contributed by atoms with van der Waals surface area (Å²) in [5, 5.41) is 5.09. The third-order valence-corrected chi connectivity index (χ3v) is 3.80. The van der Waals surface area contributed by atoms with Crippen molar-refractivity contribution in [2.75, 3.05) is 13.1 Å². The Kier molecular flexibility index (Phi) is 7.03. The van der Waals surface area contributed by atoms with E-state index >= 15 is 0 Å². The van der Waals surface area contributed by atoms with Crippen molar-refractivity contribution in [3.63, 3.8) is 0 Å². The van der Waals surface area contributed by atoms with E-state index in [0.717, 1.165) is 25.7 Å². The summed E-state index contributed by atoms with van der Waals surface area (Å²) in [6, 6.07) is 0.150. The topological polar surface area (TPSA) is 50.4 Å². The minimum absolute atomic E-state index is 0.150. The Balaban J connectivity index is 2.29. The molecule has 0 aromatic carbocycles. The van der Waals surface area contributed by atoms with Crippen molar-refractivity contribution in [1.82, 2.24) is 10.6 Å². The number of carbonyl (C=O) groups excluding carboxylic acids is 1. The van der Waals surface area contributed by atoms with Crippen LogP contribution >= 0.6 is 0 Å². The van der Waals surface area contributed by atoms with Gasteiger partial charge in [-0.1, -0.05) is 19.8 Å². The van der Waals surface area contributed by atoms with E-state index in [1.165, 1.54) is 6.42 Å². The monoisotopic (exact) mass is 320 g/mol. The number of hydrogen-bond acceptors (Lipinski definition) is 3. The second kappa shape index (κ2) is 8.09. The van der Waals surface area contributed by atoms with E-state index in [9.17, 15) is 13.6 Å². The number of amides is 1. The molecule has 0 spiro atoms. The number of halogens is 2. The van der Waals surface area contributed by atoms with E-state index in [4.69, 9.17) is 4.74 Å². The molecule has 1 saturated carbocycles.